The summed E-state index contributed by atoms with van der Waals surface area (Å²) >= 11 is 1.69. The lowest BCUT2D eigenvalue weighted by Crippen LogP contribution is -2.23. The van der Waals surface area contributed by atoms with Crippen molar-refractivity contribution in [2.75, 3.05) is 23.4 Å². The Bertz CT molecular complexity index is 508. The summed E-state index contributed by atoms with van der Waals surface area (Å²) in [7, 11) is 0. The van der Waals surface area contributed by atoms with Crippen LogP contribution in [0.3, 0.4) is 0 Å². The van der Waals surface area contributed by atoms with Crippen molar-refractivity contribution in [2.24, 2.45) is 10.7 Å². The monoisotopic (exact) mass is 401 g/mol. The van der Waals surface area contributed by atoms with Crippen LogP contribution < -0.4 is 11.1 Å². The van der Waals surface area contributed by atoms with Crippen molar-refractivity contribution in [3.63, 3.8) is 0 Å². The Morgan fingerprint density at radius 2 is 2.20 bits per heavy atom. The van der Waals surface area contributed by atoms with Gasteiger partial charge in [-0.15, -0.1) is 42.2 Å². The van der Waals surface area contributed by atoms with Crippen LogP contribution in [0.15, 0.2) is 23.2 Å². The lowest BCUT2D eigenvalue weighted by Gasteiger charge is -2.07. The highest BCUT2D eigenvalue weighted by atomic mass is 127. The van der Waals surface area contributed by atoms with E-state index in [4.69, 9.17) is 12.2 Å². The Balaban J connectivity index is 0.00000200. The molecule has 0 atom stereocenters. The predicted molar refractivity (Wildman–Crippen MR) is 100 cm³/mol. The summed E-state index contributed by atoms with van der Waals surface area (Å²) in [6.07, 6.45) is 8.80. The van der Waals surface area contributed by atoms with Crippen LogP contribution in [0.5, 0.6) is 0 Å². The number of guanidine groups is 1. The molecule has 0 saturated carbocycles. The zero-order chi connectivity index (χ0) is 13.5. The summed E-state index contributed by atoms with van der Waals surface area (Å²) in [5, 5.41) is 3.14. The van der Waals surface area contributed by atoms with Gasteiger partial charge < -0.3 is 11.1 Å². The van der Waals surface area contributed by atoms with Gasteiger partial charge in [0.05, 0.1) is 12.3 Å². The lowest BCUT2D eigenvalue weighted by molar-refractivity contribution is 0.912. The van der Waals surface area contributed by atoms with Crippen molar-refractivity contribution < 1.29 is 0 Å². The first kappa shape index (κ1) is 17.2. The van der Waals surface area contributed by atoms with E-state index >= 15 is 0 Å². The zero-order valence-corrected chi connectivity index (χ0v) is 14.5. The molecule has 1 aromatic rings. The van der Waals surface area contributed by atoms with Gasteiger partial charge in [-0.05, 0) is 42.5 Å². The first-order valence-electron chi connectivity index (χ1n) is 6.49. The average molecular weight is 401 g/mol. The molecule has 0 amide bonds. The van der Waals surface area contributed by atoms with E-state index in [1.54, 1.807) is 11.8 Å². The number of aryl methyl sites for hydroxylation is 2. The smallest absolute Gasteiger partial charge is 0.193 e. The van der Waals surface area contributed by atoms with Gasteiger partial charge in [0.1, 0.15) is 0 Å². The Morgan fingerprint density at radius 3 is 3.00 bits per heavy atom. The minimum atomic E-state index is 0. The molecular formula is C15H20IN3S. The molecule has 2 rings (SSSR count). The lowest BCUT2D eigenvalue weighted by atomic mass is 10.1. The molecule has 0 bridgehead atoms. The fourth-order valence-electron chi connectivity index (χ4n) is 2.20. The summed E-state index contributed by atoms with van der Waals surface area (Å²) in [6.45, 7) is 0.691. The molecule has 0 saturated heterocycles. The Kier molecular flexibility index (Phi) is 7.85. The highest BCUT2D eigenvalue weighted by molar-refractivity contribution is 14.0. The van der Waals surface area contributed by atoms with Gasteiger partial charge in [-0.1, -0.05) is 12.0 Å². The largest absolute Gasteiger partial charge is 0.370 e. The number of halogens is 1. The van der Waals surface area contributed by atoms with Gasteiger partial charge in [-0.3, -0.25) is 4.99 Å². The van der Waals surface area contributed by atoms with E-state index in [-0.39, 0.29) is 24.0 Å². The molecule has 0 unspecified atom stereocenters. The topological polar surface area (TPSA) is 50.4 Å². The van der Waals surface area contributed by atoms with Crippen LogP contribution in [-0.4, -0.2) is 24.0 Å². The van der Waals surface area contributed by atoms with Gasteiger partial charge in [0.15, 0.2) is 5.96 Å². The maximum Gasteiger partial charge on any atom is 0.193 e. The number of terminal acetylenes is 1. The number of aliphatic imine (C=N–C) groups is 1. The predicted octanol–water partition coefficient (Wildman–Crippen LogP) is 2.89. The second-order valence-corrected chi connectivity index (χ2v) is 5.59. The Morgan fingerprint density at radius 1 is 1.40 bits per heavy atom. The summed E-state index contributed by atoms with van der Waals surface area (Å²) in [4.78, 5) is 4.28. The van der Waals surface area contributed by atoms with Crippen molar-refractivity contribution in [1.29, 1.82) is 0 Å². The molecule has 0 aromatic heterocycles. The fourth-order valence-corrected chi connectivity index (χ4v) is 2.68. The van der Waals surface area contributed by atoms with Gasteiger partial charge in [-0.2, -0.15) is 0 Å². The van der Waals surface area contributed by atoms with Crippen molar-refractivity contribution >= 4 is 47.4 Å². The standard InChI is InChI=1S/C15H19N3S.HI/c1-2-9-19-10-8-17-15(16)18-14-7-6-12-4-3-5-13(12)11-14;/h1,6-7,11H,3-5,8-10H2,(H3,16,17,18);1H. The van der Waals surface area contributed by atoms with Crippen LogP contribution in [-0.2, 0) is 12.8 Å². The number of anilines is 1. The van der Waals surface area contributed by atoms with E-state index in [9.17, 15) is 0 Å². The van der Waals surface area contributed by atoms with E-state index in [0.717, 1.165) is 17.2 Å². The van der Waals surface area contributed by atoms with E-state index in [2.05, 4.69) is 34.4 Å². The first-order valence-corrected chi connectivity index (χ1v) is 7.65. The van der Waals surface area contributed by atoms with Crippen molar-refractivity contribution in [2.45, 2.75) is 19.3 Å². The average Bonchev–Trinajstić information content (AvgIpc) is 2.86. The SMILES string of the molecule is C#CCSCCN=C(N)Nc1ccc2c(c1)CCC2.I. The fraction of sp³-hybridized carbons (Fsp3) is 0.400. The van der Waals surface area contributed by atoms with Gasteiger partial charge >= 0.3 is 0 Å². The molecule has 5 heteroatoms. The van der Waals surface area contributed by atoms with Crippen LogP contribution in [0, 0.1) is 12.3 Å². The number of rotatable bonds is 5. The van der Waals surface area contributed by atoms with Crippen LogP contribution in [0.4, 0.5) is 5.69 Å². The quantitative estimate of drug-likeness (QED) is 0.262. The molecule has 0 heterocycles. The maximum atomic E-state index is 5.85. The van der Waals surface area contributed by atoms with Crippen LogP contribution in [0.2, 0.25) is 0 Å². The van der Waals surface area contributed by atoms with Crippen LogP contribution >= 0.6 is 35.7 Å². The number of nitrogens with two attached hydrogens (primary N) is 1. The third-order valence-corrected chi connectivity index (χ3v) is 3.92. The van der Waals surface area contributed by atoms with Crippen molar-refractivity contribution in [3.8, 4) is 12.3 Å². The second kappa shape index (κ2) is 9.14. The maximum absolute atomic E-state index is 5.85. The minimum Gasteiger partial charge on any atom is -0.370 e. The summed E-state index contributed by atoms with van der Waals surface area (Å²) in [5.41, 5.74) is 9.78. The Hall–Kier alpha value is -0.870. The molecule has 0 fully saturated rings. The van der Waals surface area contributed by atoms with Crippen LogP contribution in [0.25, 0.3) is 0 Å². The zero-order valence-electron chi connectivity index (χ0n) is 11.4. The first-order chi connectivity index (χ1) is 9.29. The van der Waals surface area contributed by atoms with Crippen LogP contribution in [0.1, 0.15) is 17.5 Å². The van der Waals surface area contributed by atoms with Gasteiger partial charge in [-0.25, -0.2) is 0 Å². The van der Waals surface area contributed by atoms with Gasteiger partial charge in [0, 0.05) is 11.4 Å². The highest BCUT2D eigenvalue weighted by Gasteiger charge is 2.10. The van der Waals surface area contributed by atoms with Crippen molar-refractivity contribution in [1.82, 2.24) is 0 Å². The molecule has 0 spiro atoms. The number of nitrogens with zero attached hydrogens (tertiary/aromatic N) is 1. The third kappa shape index (κ3) is 5.25. The van der Waals surface area contributed by atoms with E-state index < -0.39 is 0 Å². The Labute approximate surface area is 142 Å². The van der Waals surface area contributed by atoms with E-state index in [1.807, 2.05) is 0 Å². The highest BCUT2D eigenvalue weighted by Crippen LogP contribution is 2.24. The number of fused-ring (bicyclic) bond motifs is 1. The molecule has 1 aliphatic rings. The van der Waals surface area contributed by atoms with Crippen molar-refractivity contribution in [3.05, 3.63) is 29.3 Å². The normalized spacial score (nSPS) is 13.2. The number of nitrogens with one attached hydrogen (secondary N) is 1. The molecule has 1 aromatic carbocycles. The molecule has 3 N–H and O–H groups in total. The number of hydrogen-bond acceptors (Lipinski definition) is 2. The second-order valence-electron chi connectivity index (χ2n) is 4.49. The third-order valence-electron chi connectivity index (χ3n) is 3.07. The molecule has 108 valence electrons. The molecule has 0 radical (unpaired) electrons. The minimum absolute atomic E-state index is 0. The molecule has 0 aliphatic heterocycles. The summed E-state index contributed by atoms with van der Waals surface area (Å²) < 4.78 is 0. The summed E-state index contributed by atoms with van der Waals surface area (Å²) in [6, 6.07) is 6.43. The van der Waals surface area contributed by atoms with Gasteiger partial charge in [0.25, 0.3) is 0 Å². The van der Waals surface area contributed by atoms with E-state index in [1.165, 1.54) is 30.4 Å². The molecule has 3 nitrogen and oxygen atoms in total. The molecule has 1 aliphatic carbocycles. The summed E-state index contributed by atoms with van der Waals surface area (Å²) in [5.74, 6) is 4.69. The molecular weight excluding hydrogens is 381 g/mol. The molecule has 20 heavy (non-hydrogen) atoms. The van der Waals surface area contributed by atoms with E-state index in [0.29, 0.717) is 12.5 Å². The number of benzene rings is 1. The number of hydrogen-bond donors (Lipinski definition) is 2. The number of thioether (sulfide) groups is 1. The van der Waals surface area contributed by atoms with Gasteiger partial charge in [0.2, 0.25) is 0 Å².